The maximum absolute atomic E-state index is 13.0. The summed E-state index contributed by atoms with van der Waals surface area (Å²) in [6.07, 6.45) is 1.71. The molecule has 0 radical (unpaired) electrons. The number of aromatic amines is 1. The van der Waals surface area contributed by atoms with Crippen molar-refractivity contribution in [2.75, 3.05) is 0 Å². The van der Waals surface area contributed by atoms with Crippen LogP contribution in [0.25, 0.3) is 10.9 Å². The Hall–Kier alpha value is -3.33. The zero-order chi connectivity index (χ0) is 20.9. The summed E-state index contributed by atoms with van der Waals surface area (Å²) in [6.45, 7) is 6.03. The number of rotatable bonds is 2. The van der Waals surface area contributed by atoms with E-state index in [-0.39, 0.29) is 28.2 Å². The van der Waals surface area contributed by atoms with Crippen LogP contribution >= 0.6 is 0 Å². The standard InChI is InChI=1S/C23H23N3O3/c1-4-12-5-6-16-13(7-12)8-14(22(28)26-16)19-15(11-24)21(25)29-18-10-23(2,3)9-17(27)20(18)19/h5-8,19H,4,9-10,25H2,1-3H3,(H,26,28)/t19-/m1/s1. The first-order chi connectivity index (χ1) is 13.7. The molecule has 3 N–H and O–H groups in total. The second kappa shape index (κ2) is 6.63. The Morgan fingerprint density at radius 1 is 1.28 bits per heavy atom. The Kier molecular flexibility index (Phi) is 4.34. The van der Waals surface area contributed by atoms with Gasteiger partial charge >= 0.3 is 0 Å². The van der Waals surface area contributed by atoms with Crippen molar-refractivity contribution in [3.05, 3.63) is 68.5 Å². The molecule has 1 atom stereocenters. The lowest BCUT2D eigenvalue weighted by Gasteiger charge is -2.37. The maximum atomic E-state index is 13.0. The summed E-state index contributed by atoms with van der Waals surface area (Å²) < 4.78 is 5.70. The third-order valence-corrected chi connectivity index (χ3v) is 5.73. The van der Waals surface area contributed by atoms with E-state index in [0.29, 0.717) is 35.3 Å². The minimum absolute atomic E-state index is 0.0384. The lowest BCUT2D eigenvalue weighted by atomic mass is 9.70. The highest BCUT2D eigenvalue weighted by Crippen LogP contribution is 2.47. The monoisotopic (exact) mass is 389 g/mol. The minimum atomic E-state index is -0.814. The van der Waals surface area contributed by atoms with Gasteiger partial charge in [0.1, 0.15) is 17.4 Å². The first-order valence-electron chi connectivity index (χ1n) is 9.74. The molecule has 2 aliphatic rings. The molecule has 0 saturated heterocycles. The number of carbonyl (C=O) groups is 1. The molecule has 6 heteroatoms. The number of nitrogens with zero attached hydrogens (tertiary/aromatic N) is 1. The van der Waals surface area contributed by atoms with Gasteiger partial charge in [-0.25, -0.2) is 0 Å². The first-order valence-corrected chi connectivity index (χ1v) is 9.74. The summed E-state index contributed by atoms with van der Waals surface area (Å²) in [5.41, 5.74) is 8.11. The van der Waals surface area contributed by atoms with Crippen molar-refractivity contribution in [2.24, 2.45) is 11.1 Å². The molecule has 0 fully saturated rings. The van der Waals surface area contributed by atoms with Gasteiger partial charge in [0.05, 0.1) is 5.92 Å². The molecule has 4 rings (SSSR count). The third kappa shape index (κ3) is 3.13. The van der Waals surface area contributed by atoms with Gasteiger partial charge in [-0.2, -0.15) is 5.26 Å². The predicted octanol–water partition coefficient (Wildman–Crippen LogP) is 3.54. The van der Waals surface area contributed by atoms with Crippen molar-refractivity contribution in [1.29, 1.82) is 5.26 Å². The Labute approximate surface area is 168 Å². The van der Waals surface area contributed by atoms with E-state index in [0.717, 1.165) is 17.4 Å². The van der Waals surface area contributed by atoms with Crippen LogP contribution in [0.1, 0.15) is 50.7 Å². The number of aryl methyl sites for hydroxylation is 1. The number of nitriles is 1. The van der Waals surface area contributed by atoms with Crippen LogP contribution in [0, 0.1) is 16.7 Å². The number of hydrogen-bond donors (Lipinski definition) is 2. The largest absolute Gasteiger partial charge is 0.444 e. The molecule has 2 heterocycles. The first kappa shape index (κ1) is 19.0. The van der Waals surface area contributed by atoms with Gasteiger partial charge in [-0.15, -0.1) is 0 Å². The minimum Gasteiger partial charge on any atom is -0.444 e. The molecule has 0 unspecified atom stereocenters. The number of ketones is 1. The summed E-state index contributed by atoms with van der Waals surface area (Å²) in [7, 11) is 0. The van der Waals surface area contributed by atoms with Gasteiger partial charge in [-0.3, -0.25) is 9.59 Å². The Morgan fingerprint density at radius 2 is 2.03 bits per heavy atom. The average molecular weight is 389 g/mol. The number of fused-ring (bicyclic) bond motifs is 1. The molecule has 1 aromatic carbocycles. The number of aromatic nitrogens is 1. The van der Waals surface area contributed by atoms with Crippen LogP contribution in [0.2, 0.25) is 0 Å². The van der Waals surface area contributed by atoms with Gasteiger partial charge in [0.25, 0.3) is 5.56 Å². The highest BCUT2D eigenvalue weighted by atomic mass is 16.5. The van der Waals surface area contributed by atoms with E-state index >= 15 is 0 Å². The number of nitrogens with two attached hydrogens (primary N) is 1. The van der Waals surface area contributed by atoms with Crippen molar-refractivity contribution in [3.63, 3.8) is 0 Å². The summed E-state index contributed by atoms with van der Waals surface area (Å²) in [6, 6.07) is 9.69. The second-order valence-electron chi connectivity index (χ2n) is 8.53. The molecule has 148 valence electrons. The third-order valence-electron chi connectivity index (χ3n) is 5.73. The summed E-state index contributed by atoms with van der Waals surface area (Å²) in [5.74, 6) is -0.493. The maximum Gasteiger partial charge on any atom is 0.252 e. The molecule has 0 spiro atoms. The molecule has 1 aromatic heterocycles. The SMILES string of the molecule is CCc1ccc2[nH]c(=O)c([C@@H]3C(C#N)=C(N)OC4=C3C(=O)CC(C)(C)C4)cc2c1. The molecule has 2 aromatic rings. The fourth-order valence-electron chi connectivity index (χ4n) is 4.30. The summed E-state index contributed by atoms with van der Waals surface area (Å²) in [5, 5.41) is 10.6. The van der Waals surface area contributed by atoms with E-state index in [4.69, 9.17) is 10.5 Å². The van der Waals surface area contributed by atoms with Crippen LogP contribution in [0.4, 0.5) is 0 Å². The van der Waals surface area contributed by atoms with Crippen molar-refractivity contribution < 1.29 is 9.53 Å². The molecular weight excluding hydrogens is 366 g/mol. The van der Waals surface area contributed by atoms with Crippen molar-refractivity contribution >= 4 is 16.7 Å². The van der Waals surface area contributed by atoms with Crippen LogP contribution in [-0.4, -0.2) is 10.8 Å². The van der Waals surface area contributed by atoms with Gasteiger partial charge in [0, 0.05) is 29.5 Å². The van der Waals surface area contributed by atoms with Crippen LogP contribution in [0.15, 0.2) is 51.8 Å². The van der Waals surface area contributed by atoms with Gasteiger partial charge < -0.3 is 15.5 Å². The Morgan fingerprint density at radius 3 is 2.72 bits per heavy atom. The van der Waals surface area contributed by atoms with E-state index in [1.807, 2.05) is 32.0 Å². The average Bonchev–Trinajstić information content (AvgIpc) is 2.65. The number of ether oxygens (including phenoxy) is 1. The van der Waals surface area contributed by atoms with Gasteiger partial charge in [0.2, 0.25) is 5.88 Å². The van der Waals surface area contributed by atoms with E-state index in [1.54, 1.807) is 6.07 Å². The Balaban J connectivity index is 1.97. The number of carbonyl (C=O) groups excluding carboxylic acids is 1. The predicted molar refractivity (Wildman–Crippen MR) is 110 cm³/mol. The highest BCUT2D eigenvalue weighted by molar-refractivity contribution is 6.00. The van der Waals surface area contributed by atoms with Crippen molar-refractivity contribution in [3.8, 4) is 6.07 Å². The fourth-order valence-corrected chi connectivity index (χ4v) is 4.30. The van der Waals surface area contributed by atoms with Crippen LogP contribution in [-0.2, 0) is 16.0 Å². The zero-order valence-corrected chi connectivity index (χ0v) is 16.8. The molecule has 0 saturated carbocycles. The number of Topliss-reactive ketones (excluding diaryl/α,β-unsaturated/α-hetero) is 1. The molecule has 0 bridgehead atoms. The number of nitrogens with one attached hydrogen (secondary N) is 1. The Bertz CT molecular complexity index is 1210. The number of pyridine rings is 1. The molecule has 1 aliphatic heterocycles. The molecule has 6 nitrogen and oxygen atoms in total. The van der Waals surface area contributed by atoms with E-state index in [2.05, 4.69) is 18.0 Å². The van der Waals surface area contributed by atoms with E-state index in [1.165, 1.54) is 0 Å². The lowest BCUT2D eigenvalue weighted by molar-refractivity contribution is -0.119. The second-order valence-corrected chi connectivity index (χ2v) is 8.53. The van der Waals surface area contributed by atoms with E-state index < -0.39 is 5.92 Å². The number of H-pyrrole nitrogens is 1. The quantitative estimate of drug-likeness (QED) is 0.816. The number of hydrogen-bond acceptors (Lipinski definition) is 5. The molecular formula is C23H23N3O3. The topological polar surface area (TPSA) is 109 Å². The van der Waals surface area contributed by atoms with Crippen LogP contribution in [0.3, 0.4) is 0 Å². The smallest absolute Gasteiger partial charge is 0.252 e. The van der Waals surface area contributed by atoms with Crippen LogP contribution in [0.5, 0.6) is 0 Å². The molecule has 1 aliphatic carbocycles. The highest BCUT2D eigenvalue weighted by Gasteiger charge is 2.43. The van der Waals surface area contributed by atoms with Gasteiger partial charge in [0.15, 0.2) is 5.78 Å². The number of allylic oxidation sites excluding steroid dienone is 3. The zero-order valence-electron chi connectivity index (χ0n) is 16.8. The lowest BCUT2D eigenvalue weighted by Crippen LogP contribution is -2.35. The summed E-state index contributed by atoms with van der Waals surface area (Å²) in [4.78, 5) is 28.9. The van der Waals surface area contributed by atoms with Crippen molar-refractivity contribution in [2.45, 2.75) is 46.0 Å². The fraction of sp³-hybridized carbons (Fsp3) is 0.348. The van der Waals surface area contributed by atoms with Crippen LogP contribution < -0.4 is 11.3 Å². The normalized spacial score (nSPS) is 21.0. The molecule has 0 amide bonds. The molecule has 29 heavy (non-hydrogen) atoms. The van der Waals surface area contributed by atoms with E-state index in [9.17, 15) is 14.9 Å². The summed E-state index contributed by atoms with van der Waals surface area (Å²) >= 11 is 0. The number of benzene rings is 1. The van der Waals surface area contributed by atoms with Crippen molar-refractivity contribution in [1.82, 2.24) is 4.98 Å². The van der Waals surface area contributed by atoms with Gasteiger partial charge in [-0.05, 0) is 41.0 Å². The van der Waals surface area contributed by atoms with Gasteiger partial charge in [-0.1, -0.05) is 26.8 Å².